The zero-order chi connectivity index (χ0) is 8.84. The highest BCUT2D eigenvalue weighted by Crippen LogP contribution is 2.44. The summed E-state index contributed by atoms with van der Waals surface area (Å²) in [6.07, 6.45) is 0.208. The summed E-state index contributed by atoms with van der Waals surface area (Å²) in [5, 5.41) is 2.71. The molecule has 0 aromatic heterocycles. The molecule has 1 heteroatoms. The van der Waals surface area contributed by atoms with Crippen LogP contribution < -0.4 is 0 Å². The van der Waals surface area contributed by atoms with E-state index >= 15 is 0 Å². The van der Waals surface area contributed by atoms with Crippen LogP contribution in [0.4, 0.5) is 0 Å². The number of methoxy groups -OCH3 is 1. The third kappa shape index (κ3) is 0.749. The Hall–Kier alpha value is -1.34. The van der Waals surface area contributed by atoms with Gasteiger partial charge < -0.3 is 4.74 Å². The van der Waals surface area contributed by atoms with Gasteiger partial charge in [0.05, 0.1) is 0 Å². The second kappa shape index (κ2) is 2.33. The SMILES string of the molecule is COC1c2cccc3cccc1c23. The lowest BCUT2D eigenvalue weighted by atomic mass is 9.82. The number of hydrogen-bond acceptors (Lipinski definition) is 1. The highest BCUT2D eigenvalue weighted by Gasteiger charge is 2.27. The molecule has 0 fully saturated rings. The highest BCUT2D eigenvalue weighted by atomic mass is 16.5. The van der Waals surface area contributed by atoms with Crippen molar-refractivity contribution in [1.82, 2.24) is 0 Å². The quantitative estimate of drug-likeness (QED) is 0.639. The van der Waals surface area contributed by atoms with Crippen LogP contribution in [0.25, 0.3) is 10.8 Å². The summed E-state index contributed by atoms with van der Waals surface area (Å²) in [5.74, 6) is 0. The lowest BCUT2D eigenvalue weighted by Crippen LogP contribution is -2.13. The Bertz CT molecular complexity index is 435. The van der Waals surface area contributed by atoms with Gasteiger partial charge in [-0.25, -0.2) is 0 Å². The standard InChI is InChI=1S/C12H10O/c1-13-12-9-6-2-4-8-5-3-7-10(12)11(8)9/h2-7,12H,1H3. The molecule has 0 saturated heterocycles. The van der Waals surface area contributed by atoms with Crippen molar-refractivity contribution in [3.63, 3.8) is 0 Å². The molecule has 2 aromatic rings. The first-order chi connectivity index (χ1) is 6.42. The van der Waals surface area contributed by atoms with Crippen LogP contribution in [0.3, 0.4) is 0 Å². The third-order valence-corrected chi connectivity index (χ3v) is 2.77. The van der Waals surface area contributed by atoms with E-state index in [4.69, 9.17) is 4.74 Å². The molecule has 1 aliphatic rings. The second-order valence-electron chi connectivity index (χ2n) is 3.41. The average molecular weight is 170 g/mol. The van der Waals surface area contributed by atoms with Gasteiger partial charge in [-0.2, -0.15) is 0 Å². The maximum atomic E-state index is 5.40. The molecule has 0 bridgehead atoms. The van der Waals surface area contributed by atoms with Gasteiger partial charge in [-0.3, -0.25) is 0 Å². The van der Waals surface area contributed by atoms with Gasteiger partial charge in [0.1, 0.15) is 6.10 Å². The summed E-state index contributed by atoms with van der Waals surface area (Å²) in [4.78, 5) is 0. The largest absolute Gasteiger partial charge is 0.372 e. The monoisotopic (exact) mass is 170 g/mol. The molecule has 0 amide bonds. The van der Waals surface area contributed by atoms with Gasteiger partial charge in [0, 0.05) is 7.11 Å². The van der Waals surface area contributed by atoms with Crippen LogP contribution >= 0.6 is 0 Å². The molecule has 64 valence electrons. The van der Waals surface area contributed by atoms with Crippen molar-refractivity contribution < 1.29 is 4.74 Å². The Morgan fingerprint density at radius 3 is 2.15 bits per heavy atom. The summed E-state index contributed by atoms with van der Waals surface area (Å²) in [6.45, 7) is 0. The van der Waals surface area contributed by atoms with E-state index in [-0.39, 0.29) is 6.10 Å². The smallest absolute Gasteiger partial charge is 0.108 e. The molecule has 3 rings (SSSR count). The Morgan fingerprint density at radius 1 is 1.00 bits per heavy atom. The Morgan fingerprint density at radius 2 is 1.62 bits per heavy atom. The predicted octanol–water partition coefficient (Wildman–Crippen LogP) is 2.89. The lowest BCUT2D eigenvalue weighted by Gasteiger charge is -2.29. The molecule has 0 radical (unpaired) electrons. The van der Waals surface area contributed by atoms with Crippen LogP contribution in [-0.2, 0) is 4.74 Å². The van der Waals surface area contributed by atoms with Crippen molar-refractivity contribution in [1.29, 1.82) is 0 Å². The van der Waals surface area contributed by atoms with Crippen molar-refractivity contribution in [2.24, 2.45) is 0 Å². The number of ether oxygens (including phenoxy) is 1. The molecule has 0 N–H and O–H groups in total. The van der Waals surface area contributed by atoms with E-state index in [1.54, 1.807) is 7.11 Å². The van der Waals surface area contributed by atoms with E-state index in [0.29, 0.717) is 0 Å². The molecule has 0 heterocycles. The van der Waals surface area contributed by atoms with Crippen LogP contribution in [0.5, 0.6) is 0 Å². The first-order valence-corrected chi connectivity index (χ1v) is 4.46. The summed E-state index contributed by atoms with van der Waals surface area (Å²) >= 11 is 0. The van der Waals surface area contributed by atoms with Crippen molar-refractivity contribution >= 4 is 10.8 Å². The highest BCUT2D eigenvalue weighted by molar-refractivity contribution is 5.95. The van der Waals surface area contributed by atoms with Crippen LogP contribution in [0.1, 0.15) is 17.2 Å². The summed E-state index contributed by atoms with van der Waals surface area (Å²) in [7, 11) is 1.76. The average Bonchev–Trinajstić information content (AvgIpc) is 2.17. The van der Waals surface area contributed by atoms with Crippen LogP contribution in [0.2, 0.25) is 0 Å². The van der Waals surface area contributed by atoms with Crippen molar-refractivity contribution in [2.75, 3.05) is 7.11 Å². The topological polar surface area (TPSA) is 9.23 Å². The van der Waals surface area contributed by atoms with E-state index in [9.17, 15) is 0 Å². The zero-order valence-corrected chi connectivity index (χ0v) is 7.45. The van der Waals surface area contributed by atoms with Gasteiger partial charge in [0.2, 0.25) is 0 Å². The first-order valence-electron chi connectivity index (χ1n) is 4.46. The molecule has 2 aromatic carbocycles. The zero-order valence-electron chi connectivity index (χ0n) is 7.45. The minimum Gasteiger partial charge on any atom is -0.372 e. The predicted molar refractivity (Wildman–Crippen MR) is 52.8 cm³/mol. The second-order valence-corrected chi connectivity index (χ2v) is 3.41. The molecule has 1 aliphatic carbocycles. The van der Waals surface area contributed by atoms with Crippen LogP contribution in [-0.4, -0.2) is 7.11 Å². The summed E-state index contributed by atoms with van der Waals surface area (Å²) in [6, 6.07) is 12.8. The van der Waals surface area contributed by atoms with Gasteiger partial charge in [0.15, 0.2) is 0 Å². The number of benzene rings is 2. The number of hydrogen-bond donors (Lipinski definition) is 0. The van der Waals surface area contributed by atoms with E-state index in [2.05, 4.69) is 36.4 Å². The van der Waals surface area contributed by atoms with Gasteiger partial charge in [-0.15, -0.1) is 0 Å². The fraction of sp³-hybridized carbons (Fsp3) is 0.167. The van der Waals surface area contributed by atoms with Crippen molar-refractivity contribution in [2.45, 2.75) is 6.10 Å². The van der Waals surface area contributed by atoms with Gasteiger partial charge >= 0.3 is 0 Å². The molecule has 0 unspecified atom stereocenters. The van der Waals surface area contributed by atoms with Crippen molar-refractivity contribution in [3.05, 3.63) is 47.5 Å². The first kappa shape index (κ1) is 7.10. The minimum absolute atomic E-state index is 0.208. The molecular formula is C12H10O. The summed E-state index contributed by atoms with van der Waals surface area (Å²) in [5.41, 5.74) is 2.66. The molecule has 0 atom stereocenters. The third-order valence-electron chi connectivity index (χ3n) is 2.77. The maximum Gasteiger partial charge on any atom is 0.108 e. The Balaban J connectivity index is 2.39. The fourth-order valence-corrected chi connectivity index (χ4v) is 2.18. The molecule has 1 nitrogen and oxygen atoms in total. The van der Waals surface area contributed by atoms with Gasteiger partial charge in [-0.05, 0) is 21.9 Å². The molecule has 0 saturated carbocycles. The fourth-order valence-electron chi connectivity index (χ4n) is 2.18. The summed E-state index contributed by atoms with van der Waals surface area (Å²) < 4.78 is 5.40. The van der Waals surface area contributed by atoms with Crippen molar-refractivity contribution in [3.8, 4) is 0 Å². The van der Waals surface area contributed by atoms with Crippen LogP contribution in [0, 0.1) is 0 Å². The molecular weight excluding hydrogens is 160 g/mol. The normalized spacial score (nSPS) is 14.5. The Kier molecular flexibility index (Phi) is 1.27. The maximum absolute atomic E-state index is 5.40. The minimum atomic E-state index is 0.208. The lowest BCUT2D eigenvalue weighted by molar-refractivity contribution is 0.131. The molecule has 0 spiro atoms. The van der Waals surface area contributed by atoms with E-state index in [1.165, 1.54) is 21.9 Å². The number of rotatable bonds is 1. The molecule has 0 aliphatic heterocycles. The Labute approximate surface area is 77.0 Å². The van der Waals surface area contributed by atoms with E-state index in [1.807, 2.05) is 0 Å². The van der Waals surface area contributed by atoms with Gasteiger partial charge in [0.25, 0.3) is 0 Å². The molecule has 13 heavy (non-hydrogen) atoms. The van der Waals surface area contributed by atoms with E-state index in [0.717, 1.165) is 0 Å². The van der Waals surface area contributed by atoms with Gasteiger partial charge in [-0.1, -0.05) is 36.4 Å². The van der Waals surface area contributed by atoms with Crippen LogP contribution in [0.15, 0.2) is 36.4 Å². The van der Waals surface area contributed by atoms with E-state index < -0.39 is 0 Å².